The molecule has 2 fully saturated rings. The van der Waals surface area contributed by atoms with Crippen LogP contribution in [0.1, 0.15) is 51.0 Å². The number of piperazine rings is 1. The van der Waals surface area contributed by atoms with E-state index in [1.807, 2.05) is 22.9 Å². The Bertz CT molecular complexity index is 1340. The van der Waals surface area contributed by atoms with Gasteiger partial charge in [0.25, 0.3) is 5.91 Å². The predicted octanol–water partition coefficient (Wildman–Crippen LogP) is 4.74. The molecule has 7 nitrogen and oxygen atoms in total. The standard InChI is InChI=1S/C32H40FN5O2.H2S/c1-21-5-7-29(34-17-21)36-11-9-25(10-12-36)16-28-22(2)15-23(3)31(24(28)4)32(40)37-13-14-38(27(19-37)20-39)30-8-6-26(33)18-35-30;/h5-8,15,17-18,25,27,39H,9-14,16,19-20H2,1-4H3;1H2/t27-;/m0./s1. The Hall–Kier alpha value is -3.17. The number of carbonyl (C=O) groups is 1. The first kappa shape index (κ1) is 30.8. The Kier molecular flexibility index (Phi) is 9.92. The summed E-state index contributed by atoms with van der Waals surface area (Å²) in [5.41, 5.74) is 6.56. The largest absolute Gasteiger partial charge is 0.394 e. The maximum Gasteiger partial charge on any atom is 0.254 e. The van der Waals surface area contributed by atoms with Crippen LogP contribution >= 0.6 is 13.5 Å². The lowest BCUT2D eigenvalue weighted by Gasteiger charge is -2.41. The van der Waals surface area contributed by atoms with Gasteiger partial charge in [-0.25, -0.2) is 14.4 Å². The number of aliphatic hydroxyl groups excluding tert-OH is 1. The minimum atomic E-state index is -0.395. The van der Waals surface area contributed by atoms with Gasteiger partial charge in [-0.2, -0.15) is 13.5 Å². The first-order chi connectivity index (χ1) is 19.2. The van der Waals surface area contributed by atoms with Crippen molar-refractivity contribution >= 4 is 31.0 Å². The average molecular weight is 580 g/mol. The smallest absolute Gasteiger partial charge is 0.254 e. The summed E-state index contributed by atoms with van der Waals surface area (Å²) in [4.78, 5) is 28.9. The van der Waals surface area contributed by atoms with Gasteiger partial charge in [0.15, 0.2) is 0 Å². The fourth-order valence-electron chi connectivity index (χ4n) is 6.37. The molecule has 0 bridgehead atoms. The molecule has 1 atom stereocenters. The molecular weight excluding hydrogens is 537 g/mol. The van der Waals surface area contributed by atoms with Gasteiger partial charge in [0, 0.05) is 44.5 Å². The van der Waals surface area contributed by atoms with E-state index in [1.165, 1.54) is 29.0 Å². The summed E-state index contributed by atoms with van der Waals surface area (Å²) in [6.45, 7) is 11.6. The fourth-order valence-corrected chi connectivity index (χ4v) is 6.37. The SMILES string of the molecule is Cc1ccc(N2CCC(Cc3c(C)cc(C)c(C(=O)N4CCN(c5ccc(F)cn5)[C@H](CO)C4)c3C)CC2)nc1.S. The number of piperidine rings is 1. The molecule has 0 unspecified atom stereocenters. The summed E-state index contributed by atoms with van der Waals surface area (Å²) in [6.07, 6.45) is 6.29. The van der Waals surface area contributed by atoms with E-state index in [4.69, 9.17) is 0 Å². The number of nitrogens with zero attached hydrogens (tertiary/aromatic N) is 5. The number of halogens is 1. The molecule has 1 amide bonds. The third-order valence-electron chi connectivity index (χ3n) is 8.66. The summed E-state index contributed by atoms with van der Waals surface area (Å²) < 4.78 is 13.4. The Balaban J connectivity index is 0.00000387. The van der Waals surface area contributed by atoms with Crippen molar-refractivity contribution < 1.29 is 14.3 Å². The average Bonchev–Trinajstić information content (AvgIpc) is 2.96. The second-order valence-electron chi connectivity index (χ2n) is 11.4. The van der Waals surface area contributed by atoms with E-state index >= 15 is 0 Å². The zero-order valence-corrected chi connectivity index (χ0v) is 25.5. The number of aryl methyl sites for hydroxylation is 3. The van der Waals surface area contributed by atoms with Gasteiger partial charge in [-0.3, -0.25) is 4.79 Å². The van der Waals surface area contributed by atoms with Crippen LogP contribution in [0, 0.1) is 39.4 Å². The van der Waals surface area contributed by atoms with Gasteiger partial charge in [-0.05, 0) is 98.9 Å². The number of hydrogen-bond acceptors (Lipinski definition) is 6. The lowest BCUT2D eigenvalue weighted by Crippen LogP contribution is -2.56. The van der Waals surface area contributed by atoms with E-state index in [1.54, 1.807) is 6.07 Å². The highest BCUT2D eigenvalue weighted by atomic mass is 32.1. The molecule has 5 rings (SSSR count). The summed E-state index contributed by atoms with van der Waals surface area (Å²) in [5, 5.41) is 10.1. The highest BCUT2D eigenvalue weighted by Gasteiger charge is 2.32. The van der Waals surface area contributed by atoms with E-state index in [9.17, 15) is 14.3 Å². The number of hydrogen-bond donors (Lipinski definition) is 1. The molecule has 0 radical (unpaired) electrons. The van der Waals surface area contributed by atoms with Crippen LogP contribution in [0.3, 0.4) is 0 Å². The summed E-state index contributed by atoms with van der Waals surface area (Å²) in [6, 6.07) is 9.08. The highest BCUT2D eigenvalue weighted by Crippen LogP contribution is 2.31. The molecule has 41 heavy (non-hydrogen) atoms. The number of amides is 1. The van der Waals surface area contributed by atoms with Crippen LogP contribution in [-0.4, -0.2) is 71.3 Å². The Morgan fingerprint density at radius 2 is 1.66 bits per heavy atom. The molecule has 2 aromatic heterocycles. The maximum atomic E-state index is 13.9. The van der Waals surface area contributed by atoms with Crippen LogP contribution in [-0.2, 0) is 6.42 Å². The lowest BCUT2D eigenvalue weighted by atomic mass is 9.84. The molecule has 3 aromatic rings. The molecule has 0 spiro atoms. The Morgan fingerprint density at radius 1 is 0.951 bits per heavy atom. The fraction of sp³-hybridized carbons (Fsp3) is 0.469. The van der Waals surface area contributed by atoms with Crippen molar-refractivity contribution in [2.45, 2.75) is 53.0 Å². The van der Waals surface area contributed by atoms with Crippen LogP contribution in [0.4, 0.5) is 16.0 Å². The Morgan fingerprint density at radius 3 is 2.29 bits per heavy atom. The van der Waals surface area contributed by atoms with Crippen molar-refractivity contribution in [3.05, 3.63) is 81.9 Å². The first-order valence-corrected chi connectivity index (χ1v) is 14.3. The van der Waals surface area contributed by atoms with Crippen molar-refractivity contribution in [1.82, 2.24) is 14.9 Å². The maximum absolute atomic E-state index is 13.9. The minimum Gasteiger partial charge on any atom is -0.394 e. The van der Waals surface area contributed by atoms with Gasteiger partial charge >= 0.3 is 0 Å². The number of anilines is 2. The Labute approximate surface area is 249 Å². The summed E-state index contributed by atoms with van der Waals surface area (Å²) in [7, 11) is 0. The summed E-state index contributed by atoms with van der Waals surface area (Å²) >= 11 is 0. The molecule has 220 valence electrons. The third kappa shape index (κ3) is 6.67. The molecule has 9 heteroatoms. The normalized spacial score (nSPS) is 17.9. The number of aromatic nitrogens is 2. The molecular formula is C32H42FN5O2S. The van der Waals surface area contributed by atoms with E-state index in [0.717, 1.165) is 54.9 Å². The first-order valence-electron chi connectivity index (χ1n) is 14.3. The van der Waals surface area contributed by atoms with Gasteiger partial charge in [-0.1, -0.05) is 12.1 Å². The third-order valence-corrected chi connectivity index (χ3v) is 8.66. The van der Waals surface area contributed by atoms with Crippen LogP contribution in [0.15, 0.2) is 42.7 Å². The molecule has 2 aliphatic rings. The topological polar surface area (TPSA) is 72.8 Å². The number of rotatable bonds is 6. The van der Waals surface area contributed by atoms with Crippen LogP contribution in [0.2, 0.25) is 0 Å². The number of carbonyl (C=O) groups excluding carboxylic acids is 1. The van der Waals surface area contributed by atoms with Crippen LogP contribution in [0.5, 0.6) is 0 Å². The van der Waals surface area contributed by atoms with Gasteiger partial charge < -0.3 is 19.8 Å². The minimum absolute atomic E-state index is 0. The van der Waals surface area contributed by atoms with Crippen LogP contribution < -0.4 is 9.80 Å². The second kappa shape index (κ2) is 13.2. The molecule has 0 saturated carbocycles. The molecule has 1 N–H and O–H groups in total. The van der Waals surface area contributed by atoms with Gasteiger partial charge in [0.05, 0.1) is 18.8 Å². The van der Waals surface area contributed by atoms with Gasteiger partial charge in [0.2, 0.25) is 0 Å². The monoisotopic (exact) mass is 579 g/mol. The van der Waals surface area contributed by atoms with E-state index in [2.05, 4.69) is 53.8 Å². The van der Waals surface area contributed by atoms with Gasteiger partial charge in [0.1, 0.15) is 17.5 Å². The molecule has 1 aromatic carbocycles. The van der Waals surface area contributed by atoms with E-state index in [-0.39, 0.29) is 32.1 Å². The number of benzene rings is 1. The zero-order chi connectivity index (χ0) is 28.4. The van der Waals surface area contributed by atoms with Crippen molar-refractivity contribution in [2.75, 3.05) is 49.1 Å². The van der Waals surface area contributed by atoms with Crippen molar-refractivity contribution in [3.63, 3.8) is 0 Å². The molecule has 0 aliphatic carbocycles. The second-order valence-corrected chi connectivity index (χ2v) is 11.4. The van der Waals surface area contributed by atoms with Crippen molar-refractivity contribution in [2.24, 2.45) is 5.92 Å². The highest BCUT2D eigenvalue weighted by molar-refractivity contribution is 7.59. The van der Waals surface area contributed by atoms with Gasteiger partial charge in [-0.15, -0.1) is 0 Å². The molecule has 4 heterocycles. The molecule has 2 aliphatic heterocycles. The summed E-state index contributed by atoms with van der Waals surface area (Å²) in [5.74, 6) is 1.85. The molecule has 2 saturated heterocycles. The van der Waals surface area contributed by atoms with E-state index in [0.29, 0.717) is 31.4 Å². The van der Waals surface area contributed by atoms with Crippen molar-refractivity contribution in [1.29, 1.82) is 0 Å². The quantitative estimate of drug-likeness (QED) is 0.455. The van der Waals surface area contributed by atoms with Crippen LogP contribution in [0.25, 0.3) is 0 Å². The predicted molar refractivity (Wildman–Crippen MR) is 167 cm³/mol. The van der Waals surface area contributed by atoms with Crippen molar-refractivity contribution in [3.8, 4) is 0 Å². The number of pyridine rings is 2. The lowest BCUT2D eigenvalue weighted by molar-refractivity contribution is 0.0697. The zero-order valence-electron chi connectivity index (χ0n) is 24.5. The number of aliphatic hydroxyl groups is 1. The van der Waals surface area contributed by atoms with E-state index < -0.39 is 5.82 Å².